The largest absolute Gasteiger partial charge is 0.323 e. The Morgan fingerprint density at radius 3 is 2.70 bits per heavy atom. The Balaban J connectivity index is 2.11. The molecule has 1 aromatic carbocycles. The molecule has 2 rings (SSSR count). The maximum absolute atomic E-state index is 13.3. The van der Waals surface area contributed by atoms with Crippen LogP contribution in [0.2, 0.25) is 0 Å². The van der Waals surface area contributed by atoms with E-state index in [9.17, 15) is 9.18 Å². The SMILES string of the molecule is CC(C)(C(=O)Nc1cc(F)ccc1Br)N1CCNCC1. The summed E-state index contributed by atoms with van der Waals surface area (Å²) in [6, 6.07) is 4.25. The molecule has 2 N–H and O–H groups in total. The number of nitrogens with zero attached hydrogens (tertiary/aromatic N) is 1. The van der Waals surface area contributed by atoms with Gasteiger partial charge in [-0.1, -0.05) is 0 Å². The van der Waals surface area contributed by atoms with E-state index in [-0.39, 0.29) is 11.7 Å². The summed E-state index contributed by atoms with van der Waals surface area (Å²) in [7, 11) is 0. The average molecular weight is 344 g/mol. The molecule has 0 unspecified atom stereocenters. The first-order valence-electron chi connectivity index (χ1n) is 6.63. The zero-order valence-electron chi connectivity index (χ0n) is 11.7. The summed E-state index contributed by atoms with van der Waals surface area (Å²) >= 11 is 3.32. The van der Waals surface area contributed by atoms with Gasteiger partial charge in [0.15, 0.2) is 0 Å². The third kappa shape index (κ3) is 3.37. The average Bonchev–Trinajstić information content (AvgIpc) is 2.43. The van der Waals surface area contributed by atoms with E-state index >= 15 is 0 Å². The number of rotatable bonds is 3. The van der Waals surface area contributed by atoms with Gasteiger partial charge in [0.2, 0.25) is 5.91 Å². The van der Waals surface area contributed by atoms with Crippen molar-refractivity contribution in [3.8, 4) is 0 Å². The van der Waals surface area contributed by atoms with E-state index in [0.717, 1.165) is 26.2 Å². The Hall–Kier alpha value is -0.980. The molecule has 110 valence electrons. The summed E-state index contributed by atoms with van der Waals surface area (Å²) in [5.41, 5.74) is -0.174. The van der Waals surface area contributed by atoms with Gasteiger partial charge in [-0.2, -0.15) is 0 Å². The molecule has 20 heavy (non-hydrogen) atoms. The number of anilines is 1. The molecule has 1 fully saturated rings. The molecule has 1 saturated heterocycles. The van der Waals surface area contributed by atoms with Crippen molar-refractivity contribution in [3.05, 3.63) is 28.5 Å². The minimum atomic E-state index is -0.631. The van der Waals surface area contributed by atoms with Crippen LogP contribution in [-0.4, -0.2) is 42.5 Å². The number of benzene rings is 1. The molecule has 1 heterocycles. The lowest BCUT2D eigenvalue weighted by Gasteiger charge is -2.39. The van der Waals surface area contributed by atoms with Crippen LogP contribution in [0.25, 0.3) is 0 Å². The van der Waals surface area contributed by atoms with E-state index in [4.69, 9.17) is 0 Å². The number of halogens is 2. The molecular formula is C14H19BrFN3O. The first-order chi connectivity index (χ1) is 9.41. The highest BCUT2D eigenvalue weighted by molar-refractivity contribution is 9.10. The molecule has 1 amide bonds. The van der Waals surface area contributed by atoms with Gasteiger partial charge in [-0.3, -0.25) is 9.69 Å². The van der Waals surface area contributed by atoms with Crippen molar-refractivity contribution in [1.82, 2.24) is 10.2 Å². The van der Waals surface area contributed by atoms with Gasteiger partial charge in [-0.05, 0) is 48.0 Å². The highest BCUT2D eigenvalue weighted by Gasteiger charge is 2.35. The Morgan fingerprint density at radius 1 is 1.40 bits per heavy atom. The summed E-state index contributed by atoms with van der Waals surface area (Å²) < 4.78 is 13.9. The van der Waals surface area contributed by atoms with Gasteiger partial charge >= 0.3 is 0 Å². The standard InChI is InChI=1S/C14H19BrFN3O/c1-14(2,19-7-5-17-6-8-19)13(20)18-12-9-10(16)3-4-11(12)15/h3-4,9,17H,5-8H2,1-2H3,(H,18,20). The normalized spacial score (nSPS) is 17.0. The number of hydrogen-bond acceptors (Lipinski definition) is 3. The second-order valence-corrected chi connectivity index (χ2v) is 6.23. The van der Waals surface area contributed by atoms with E-state index in [0.29, 0.717) is 10.2 Å². The smallest absolute Gasteiger partial charge is 0.244 e. The highest BCUT2D eigenvalue weighted by Crippen LogP contribution is 2.25. The molecule has 1 aliphatic heterocycles. The molecule has 0 spiro atoms. The van der Waals surface area contributed by atoms with Crippen molar-refractivity contribution in [3.63, 3.8) is 0 Å². The van der Waals surface area contributed by atoms with Gasteiger partial charge in [-0.15, -0.1) is 0 Å². The van der Waals surface area contributed by atoms with Crippen molar-refractivity contribution in [2.45, 2.75) is 19.4 Å². The third-order valence-corrected chi connectivity index (χ3v) is 4.33. The molecule has 0 radical (unpaired) electrons. The molecule has 6 heteroatoms. The first-order valence-corrected chi connectivity index (χ1v) is 7.43. The van der Waals surface area contributed by atoms with Crippen molar-refractivity contribution >= 4 is 27.5 Å². The van der Waals surface area contributed by atoms with Crippen LogP contribution in [0.1, 0.15) is 13.8 Å². The number of carbonyl (C=O) groups is 1. The molecule has 1 aromatic rings. The van der Waals surface area contributed by atoms with E-state index in [2.05, 4.69) is 31.5 Å². The first kappa shape index (κ1) is 15.4. The minimum absolute atomic E-state index is 0.134. The number of piperazine rings is 1. The quantitative estimate of drug-likeness (QED) is 0.884. The van der Waals surface area contributed by atoms with Crippen LogP contribution in [0.3, 0.4) is 0 Å². The molecule has 1 aliphatic rings. The Labute approximate surface area is 126 Å². The predicted octanol–water partition coefficient (Wildman–Crippen LogP) is 2.21. The Kier molecular flexibility index (Phi) is 4.78. The molecule has 0 bridgehead atoms. The zero-order valence-corrected chi connectivity index (χ0v) is 13.3. The molecule has 4 nitrogen and oxygen atoms in total. The summed E-state index contributed by atoms with van der Waals surface area (Å²) in [5, 5.41) is 6.06. The van der Waals surface area contributed by atoms with Crippen LogP contribution in [0.4, 0.5) is 10.1 Å². The zero-order chi connectivity index (χ0) is 14.8. The van der Waals surface area contributed by atoms with Crippen LogP contribution >= 0.6 is 15.9 Å². The van der Waals surface area contributed by atoms with E-state index in [1.807, 2.05) is 13.8 Å². The molecule has 0 aromatic heterocycles. The topological polar surface area (TPSA) is 44.4 Å². The van der Waals surface area contributed by atoms with E-state index in [1.165, 1.54) is 12.1 Å². The number of carbonyl (C=O) groups excluding carboxylic acids is 1. The molecular weight excluding hydrogens is 325 g/mol. The summed E-state index contributed by atoms with van der Waals surface area (Å²) in [6.07, 6.45) is 0. The van der Waals surface area contributed by atoms with Gasteiger partial charge in [0, 0.05) is 30.7 Å². The lowest BCUT2D eigenvalue weighted by Crippen LogP contribution is -2.58. The van der Waals surface area contributed by atoms with Gasteiger partial charge < -0.3 is 10.6 Å². The summed E-state index contributed by atoms with van der Waals surface area (Å²) in [5.74, 6) is -0.505. The minimum Gasteiger partial charge on any atom is -0.323 e. The fourth-order valence-electron chi connectivity index (χ4n) is 2.24. The van der Waals surface area contributed by atoms with Crippen molar-refractivity contribution in [2.24, 2.45) is 0 Å². The monoisotopic (exact) mass is 343 g/mol. The van der Waals surface area contributed by atoms with Crippen LogP contribution in [0.15, 0.2) is 22.7 Å². The van der Waals surface area contributed by atoms with Crippen molar-refractivity contribution < 1.29 is 9.18 Å². The summed E-state index contributed by atoms with van der Waals surface area (Å²) in [4.78, 5) is 14.6. The molecule has 0 saturated carbocycles. The fourth-order valence-corrected chi connectivity index (χ4v) is 2.58. The van der Waals surface area contributed by atoms with Crippen LogP contribution in [0, 0.1) is 5.82 Å². The Bertz CT molecular complexity index is 501. The van der Waals surface area contributed by atoms with Crippen LogP contribution < -0.4 is 10.6 Å². The van der Waals surface area contributed by atoms with Crippen LogP contribution in [-0.2, 0) is 4.79 Å². The van der Waals surface area contributed by atoms with Crippen LogP contribution in [0.5, 0.6) is 0 Å². The van der Waals surface area contributed by atoms with E-state index < -0.39 is 5.54 Å². The molecule has 0 aliphatic carbocycles. The second-order valence-electron chi connectivity index (χ2n) is 5.37. The van der Waals surface area contributed by atoms with Gasteiger partial charge in [0.25, 0.3) is 0 Å². The maximum atomic E-state index is 13.3. The highest BCUT2D eigenvalue weighted by atomic mass is 79.9. The summed E-state index contributed by atoms with van der Waals surface area (Å²) in [6.45, 7) is 7.18. The lowest BCUT2D eigenvalue weighted by atomic mass is 10.0. The maximum Gasteiger partial charge on any atom is 0.244 e. The predicted molar refractivity (Wildman–Crippen MR) is 81.3 cm³/mol. The number of amides is 1. The van der Waals surface area contributed by atoms with Gasteiger partial charge in [0.05, 0.1) is 11.2 Å². The second kappa shape index (κ2) is 6.20. The lowest BCUT2D eigenvalue weighted by molar-refractivity contribution is -0.126. The van der Waals surface area contributed by atoms with Gasteiger partial charge in [-0.25, -0.2) is 4.39 Å². The van der Waals surface area contributed by atoms with Crippen molar-refractivity contribution in [2.75, 3.05) is 31.5 Å². The van der Waals surface area contributed by atoms with Gasteiger partial charge in [0.1, 0.15) is 5.82 Å². The number of hydrogen-bond donors (Lipinski definition) is 2. The Morgan fingerprint density at radius 2 is 2.05 bits per heavy atom. The molecule has 0 atom stereocenters. The third-order valence-electron chi connectivity index (χ3n) is 3.64. The van der Waals surface area contributed by atoms with Crippen molar-refractivity contribution in [1.29, 1.82) is 0 Å². The number of nitrogens with one attached hydrogen (secondary N) is 2. The fraction of sp³-hybridized carbons (Fsp3) is 0.500. The van der Waals surface area contributed by atoms with E-state index in [1.54, 1.807) is 6.07 Å².